The average molecular weight is 222 g/mol. The van der Waals surface area contributed by atoms with Gasteiger partial charge < -0.3 is 16.2 Å². The number of hydrogen-bond donors (Lipinski definition) is 3. The highest BCUT2D eigenvalue weighted by atomic mass is 33.1. The van der Waals surface area contributed by atoms with Gasteiger partial charge in [-0.25, -0.2) is 4.79 Å². The maximum absolute atomic E-state index is 11.2. The van der Waals surface area contributed by atoms with Crippen molar-refractivity contribution in [2.45, 2.75) is 12.1 Å². The molecule has 0 saturated carbocycles. The molecule has 0 aromatic rings. The molecule has 0 bridgehead atoms. The summed E-state index contributed by atoms with van der Waals surface area (Å²) in [7, 11) is 2.84. The van der Waals surface area contributed by atoms with E-state index < -0.39 is 18.1 Å². The molecule has 1 aliphatic heterocycles. The number of hydrogen-bond acceptors (Lipinski definition) is 5. The summed E-state index contributed by atoms with van der Waals surface area (Å²) in [5.41, 5.74) is 5.47. The third-order valence-electron chi connectivity index (χ3n) is 1.52. The van der Waals surface area contributed by atoms with Crippen molar-refractivity contribution in [2.24, 2.45) is 5.73 Å². The SMILES string of the molecule is N[C@@H]1CSSC[C@@H](C(=O)O)NC1=O. The second-order valence-corrected chi connectivity index (χ2v) is 5.13. The first-order chi connectivity index (χ1) is 6.11. The molecule has 2 atom stereocenters. The molecule has 5 nitrogen and oxygen atoms in total. The number of amides is 1. The highest BCUT2D eigenvalue weighted by Crippen LogP contribution is 2.24. The minimum atomic E-state index is -1.02. The van der Waals surface area contributed by atoms with Crippen molar-refractivity contribution in [3.8, 4) is 0 Å². The van der Waals surface area contributed by atoms with Crippen LogP contribution < -0.4 is 11.1 Å². The summed E-state index contributed by atoms with van der Waals surface area (Å²) in [6.45, 7) is 0. The van der Waals surface area contributed by atoms with Gasteiger partial charge in [0.1, 0.15) is 6.04 Å². The van der Waals surface area contributed by atoms with E-state index in [0.29, 0.717) is 11.5 Å². The lowest BCUT2D eigenvalue weighted by Crippen LogP contribution is -2.51. The molecule has 1 saturated heterocycles. The van der Waals surface area contributed by atoms with Gasteiger partial charge in [-0.1, -0.05) is 21.6 Å². The van der Waals surface area contributed by atoms with Crippen LogP contribution in [0.3, 0.4) is 0 Å². The number of carboxylic acid groups (broad SMARTS) is 1. The van der Waals surface area contributed by atoms with Crippen molar-refractivity contribution < 1.29 is 14.7 Å². The van der Waals surface area contributed by atoms with E-state index >= 15 is 0 Å². The third kappa shape index (κ3) is 3.09. The molecule has 1 heterocycles. The van der Waals surface area contributed by atoms with Gasteiger partial charge in [0.25, 0.3) is 0 Å². The lowest BCUT2D eigenvalue weighted by Gasteiger charge is -2.20. The molecular formula is C6H10N2O3S2. The zero-order valence-corrected chi connectivity index (χ0v) is 8.36. The standard InChI is InChI=1S/C6H10N2O3S2/c7-3-1-12-13-2-4(6(10)11)8-5(3)9/h3-4H,1-2,7H2,(H,8,9)(H,10,11)/t3-,4+/m1/s1. The maximum Gasteiger partial charge on any atom is 0.327 e. The number of carboxylic acids is 1. The van der Waals surface area contributed by atoms with Gasteiger partial charge in [-0.3, -0.25) is 4.79 Å². The van der Waals surface area contributed by atoms with Gasteiger partial charge in [0.05, 0.1) is 6.04 Å². The monoisotopic (exact) mass is 222 g/mol. The highest BCUT2D eigenvalue weighted by molar-refractivity contribution is 8.76. The minimum Gasteiger partial charge on any atom is -0.480 e. The number of nitrogens with one attached hydrogen (secondary N) is 1. The van der Waals surface area contributed by atoms with Gasteiger partial charge in [0.2, 0.25) is 5.91 Å². The lowest BCUT2D eigenvalue weighted by molar-refractivity contribution is -0.141. The van der Waals surface area contributed by atoms with E-state index in [0.717, 1.165) is 0 Å². The number of carbonyl (C=O) groups is 2. The molecular weight excluding hydrogens is 212 g/mol. The Morgan fingerprint density at radius 1 is 1.54 bits per heavy atom. The van der Waals surface area contributed by atoms with Gasteiger partial charge in [-0.05, 0) is 0 Å². The fourth-order valence-corrected chi connectivity index (χ4v) is 3.04. The summed E-state index contributed by atoms with van der Waals surface area (Å²) in [4.78, 5) is 21.8. The number of rotatable bonds is 1. The molecule has 4 N–H and O–H groups in total. The van der Waals surface area contributed by atoms with E-state index in [2.05, 4.69) is 5.32 Å². The van der Waals surface area contributed by atoms with Crippen molar-refractivity contribution in [1.29, 1.82) is 0 Å². The molecule has 1 aliphatic rings. The third-order valence-corrected chi connectivity index (χ3v) is 3.96. The van der Waals surface area contributed by atoms with Crippen LogP contribution in [0.2, 0.25) is 0 Å². The van der Waals surface area contributed by atoms with E-state index in [1.54, 1.807) is 0 Å². The summed E-state index contributed by atoms with van der Waals surface area (Å²) in [5.74, 6) is -0.517. The topological polar surface area (TPSA) is 92.4 Å². The summed E-state index contributed by atoms with van der Waals surface area (Å²) in [5, 5.41) is 11.1. The molecule has 0 aliphatic carbocycles. The fraction of sp³-hybridized carbons (Fsp3) is 0.667. The molecule has 0 aromatic carbocycles. The van der Waals surface area contributed by atoms with Crippen LogP contribution in [0.25, 0.3) is 0 Å². The zero-order valence-electron chi connectivity index (χ0n) is 6.73. The largest absolute Gasteiger partial charge is 0.480 e. The van der Waals surface area contributed by atoms with E-state index in [9.17, 15) is 9.59 Å². The first-order valence-corrected chi connectivity index (χ1v) is 6.13. The molecule has 1 fully saturated rings. The predicted octanol–water partition coefficient (Wildman–Crippen LogP) is -0.722. The molecule has 13 heavy (non-hydrogen) atoms. The normalized spacial score (nSPS) is 30.1. The Labute approximate surface area is 83.2 Å². The molecule has 0 spiro atoms. The first kappa shape index (κ1) is 10.7. The predicted molar refractivity (Wildman–Crippen MR) is 52.5 cm³/mol. The van der Waals surface area contributed by atoms with Crippen LogP contribution >= 0.6 is 21.6 Å². The molecule has 74 valence electrons. The second kappa shape index (κ2) is 4.73. The number of carbonyl (C=O) groups excluding carboxylic acids is 1. The van der Waals surface area contributed by atoms with Crippen LogP contribution in [0.1, 0.15) is 0 Å². The van der Waals surface area contributed by atoms with Crippen molar-refractivity contribution in [3.05, 3.63) is 0 Å². The van der Waals surface area contributed by atoms with Gasteiger partial charge in [-0.2, -0.15) is 0 Å². The summed E-state index contributed by atoms with van der Waals surface area (Å²) in [6, 6.07) is -1.43. The Bertz CT molecular complexity index is 224. The quantitative estimate of drug-likeness (QED) is 0.507. The van der Waals surface area contributed by atoms with Crippen molar-refractivity contribution in [2.75, 3.05) is 11.5 Å². The maximum atomic E-state index is 11.2. The second-order valence-electron chi connectivity index (χ2n) is 2.57. The molecule has 1 amide bonds. The molecule has 0 radical (unpaired) electrons. The Hall–Kier alpha value is -0.400. The van der Waals surface area contributed by atoms with Crippen molar-refractivity contribution >= 4 is 33.5 Å². The van der Waals surface area contributed by atoms with Crippen molar-refractivity contribution in [1.82, 2.24) is 5.32 Å². The average Bonchev–Trinajstić information content (AvgIpc) is 2.06. The molecule has 0 unspecified atom stereocenters. The fourth-order valence-electron chi connectivity index (χ4n) is 0.767. The Morgan fingerprint density at radius 3 is 2.77 bits per heavy atom. The minimum absolute atomic E-state index is 0.373. The summed E-state index contributed by atoms with van der Waals surface area (Å²) < 4.78 is 0. The van der Waals surface area contributed by atoms with E-state index in [1.165, 1.54) is 21.6 Å². The van der Waals surface area contributed by atoms with E-state index in [-0.39, 0.29) is 5.91 Å². The van der Waals surface area contributed by atoms with Gasteiger partial charge in [0.15, 0.2) is 0 Å². The Morgan fingerprint density at radius 2 is 2.15 bits per heavy atom. The van der Waals surface area contributed by atoms with Gasteiger partial charge in [0, 0.05) is 11.5 Å². The zero-order chi connectivity index (χ0) is 9.84. The molecule has 0 aromatic heterocycles. The summed E-state index contributed by atoms with van der Waals surface area (Å²) >= 11 is 0. The molecule has 7 heteroatoms. The van der Waals surface area contributed by atoms with E-state index in [4.69, 9.17) is 10.8 Å². The Balaban J connectivity index is 2.58. The molecule has 1 rings (SSSR count). The van der Waals surface area contributed by atoms with Crippen LogP contribution in [0.4, 0.5) is 0 Å². The van der Waals surface area contributed by atoms with Gasteiger partial charge in [-0.15, -0.1) is 0 Å². The smallest absolute Gasteiger partial charge is 0.327 e. The number of nitrogens with two attached hydrogens (primary N) is 1. The first-order valence-electron chi connectivity index (χ1n) is 3.64. The van der Waals surface area contributed by atoms with Gasteiger partial charge >= 0.3 is 5.97 Å². The van der Waals surface area contributed by atoms with Crippen molar-refractivity contribution in [3.63, 3.8) is 0 Å². The van der Waals surface area contributed by atoms with E-state index in [1.807, 2.05) is 0 Å². The van der Waals surface area contributed by atoms with Crippen LogP contribution in [-0.4, -0.2) is 40.6 Å². The van der Waals surface area contributed by atoms with Crippen LogP contribution in [0.15, 0.2) is 0 Å². The summed E-state index contributed by atoms with van der Waals surface area (Å²) in [6.07, 6.45) is 0. The highest BCUT2D eigenvalue weighted by Gasteiger charge is 2.25. The lowest BCUT2D eigenvalue weighted by atomic mass is 10.3. The van der Waals surface area contributed by atoms with Crippen LogP contribution in [0, 0.1) is 0 Å². The van der Waals surface area contributed by atoms with Crippen LogP contribution in [0.5, 0.6) is 0 Å². The Kier molecular flexibility index (Phi) is 3.89. The van der Waals surface area contributed by atoms with Crippen LogP contribution in [-0.2, 0) is 9.59 Å². The number of aliphatic carboxylic acids is 1.